The van der Waals surface area contributed by atoms with E-state index in [0.717, 1.165) is 25.9 Å². The molecule has 3 amide bonds. The molecular formula is C17H23N3O3. The number of carbonyl (C=O) groups excluding carboxylic acids is 3. The van der Waals surface area contributed by atoms with Gasteiger partial charge in [-0.15, -0.1) is 0 Å². The van der Waals surface area contributed by atoms with Crippen LogP contribution in [0, 0.1) is 0 Å². The molecule has 0 spiro atoms. The first-order valence-corrected chi connectivity index (χ1v) is 8.04. The van der Waals surface area contributed by atoms with Crippen LogP contribution in [0.1, 0.15) is 36.0 Å². The number of hydrogen-bond donors (Lipinski definition) is 2. The average molecular weight is 317 g/mol. The third-order valence-corrected chi connectivity index (χ3v) is 3.79. The van der Waals surface area contributed by atoms with Crippen LogP contribution in [0.25, 0.3) is 0 Å². The van der Waals surface area contributed by atoms with E-state index in [-0.39, 0.29) is 30.7 Å². The van der Waals surface area contributed by atoms with Gasteiger partial charge in [0.1, 0.15) is 0 Å². The standard InChI is InChI=1S/C17H23N3O3/c21-15(18-11-9-16(22)20-12-4-5-13-20)8-10-19-17(23)14-6-2-1-3-7-14/h1-3,6-7H,4-5,8-13H2,(H,18,21)(H,19,23). The summed E-state index contributed by atoms with van der Waals surface area (Å²) >= 11 is 0. The fourth-order valence-corrected chi connectivity index (χ4v) is 2.50. The molecule has 1 fully saturated rings. The van der Waals surface area contributed by atoms with Crippen LogP contribution in [0.15, 0.2) is 30.3 Å². The van der Waals surface area contributed by atoms with Crippen molar-refractivity contribution in [1.29, 1.82) is 0 Å². The SMILES string of the molecule is O=C(CCNC(=O)c1ccccc1)NCCC(=O)N1CCCC1. The summed E-state index contributed by atoms with van der Waals surface area (Å²) in [5.41, 5.74) is 0.573. The third kappa shape index (κ3) is 5.73. The van der Waals surface area contributed by atoms with E-state index in [2.05, 4.69) is 10.6 Å². The van der Waals surface area contributed by atoms with E-state index in [0.29, 0.717) is 18.5 Å². The van der Waals surface area contributed by atoms with Crippen molar-refractivity contribution in [1.82, 2.24) is 15.5 Å². The zero-order valence-corrected chi connectivity index (χ0v) is 13.2. The Bertz CT molecular complexity index is 539. The van der Waals surface area contributed by atoms with E-state index in [1.165, 1.54) is 0 Å². The molecule has 1 heterocycles. The number of amides is 3. The van der Waals surface area contributed by atoms with Crippen LogP contribution in [0.2, 0.25) is 0 Å². The molecule has 0 atom stereocenters. The van der Waals surface area contributed by atoms with E-state index < -0.39 is 0 Å². The second-order valence-electron chi connectivity index (χ2n) is 5.56. The predicted octanol–water partition coefficient (Wildman–Crippen LogP) is 0.935. The number of hydrogen-bond acceptors (Lipinski definition) is 3. The molecule has 124 valence electrons. The van der Waals surface area contributed by atoms with Gasteiger partial charge in [0.2, 0.25) is 11.8 Å². The highest BCUT2D eigenvalue weighted by atomic mass is 16.2. The van der Waals surface area contributed by atoms with Gasteiger partial charge in [0.25, 0.3) is 5.91 Å². The van der Waals surface area contributed by atoms with Gasteiger partial charge in [-0.05, 0) is 25.0 Å². The summed E-state index contributed by atoms with van der Waals surface area (Å²) in [6.45, 7) is 2.29. The van der Waals surface area contributed by atoms with Crippen molar-refractivity contribution in [2.24, 2.45) is 0 Å². The van der Waals surface area contributed by atoms with Crippen LogP contribution in [-0.2, 0) is 9.59 Å². The monoisotopic (exact) mass is 317 g/mol. The Morgan fingerprint density at radius 3 is 2.26 bits per heavy atom. The Balaban J connectivity index is 1.56. The van der Waals surface area contributed by atoms with Gasteiger partial charge in [0, 0.05) is 44.6 Å². The van der Waals surface area contributed by atoms with Crippen LogP contribution in [0.3, 0.4) is 0 Å². The van der Waals surface area contributed by atoms with Crippen molar-refractivity contribution in [3.63, 3.8) is 0 Å². The normalized spacial score (nSPS) is 13.7. The maximum atomic E-state index is 11.8. The highest BCUT2D eigenvalue weighted by Crippen LogP contribution is 2.08. The molecular weight excluding hydrogens is 294 g/mol. The smallest absolute Gasteiger partial charge is 0.251 e. The lowest BCUT2D eigenvalue weighted by Crippen LogP contribution is -2.34. The molecule has 6 heteroatoms. The first-order chi connectivity index (χ1) is 11.2. The number of nitrogens with zero attached hydrogens (tertiary/aromatic N) is 1. The minimum Gasteiger partial charge on any atom is -0.356 e. The summed E-state index contributed by atoms with van der Waals surface area (Å²) in [4.78, 5) is 37.1. The molecule has 0 radical (unpaired) electrons. The second-order valence-corrected chi connectivity index (χ2v) is 5.56. The molecule has 1 aromatic rings. The van der Waals surface area contributed by atoms with Gasteiger partial charge in [0.05, 0.1) is 0 Å². The molecule has 1 aliphatic heterocycles. The highest BCUT2D eigenvalue weighted by Gasteiger charge is 2.17. The minimum atomic E-state index is -0.192. The Kier molecular flexibility index (Phi) is 6.59. The largest absolute Gasteiger partial charge is 0.356 e. The van der Waals surface area contributed by atoms with E-state index in [4.69, 9.17) is 0 Å². The van der Waals surface area contributed by atoms with E-state index in [1.807, 2.05) is 11.0 Å². The van der Waals surface area contributed by atoms with Crippen LogP contribution in [0.5, 0.6) is 0 Å². The summed E-state index contributed by atoms with van der Waals surface area (Å²) in [6.07, 6.45) is 2.68. The lowest BCUT2D eigenvalue weighted by Gasteiger charge is -2.15. The summed E-state index contributed by atoms with van der Waals surface area (Å²) in [5.74, 6) is -0.254. The Morgan fingerprint density at radius 2 is 1.57 bits per heavy atom. The molecule has 0 unspecified atom stereocenters. The summed E-state index contributed by atoms with van der Waals surface area (Å²) in [6, 6.07) is 8.87. The molecule has 2 N–H and O–H groups in total. The lowest BCUT2D eigenvalue weighted by atomic mass is 10.2. The fraction of sp³-hybridized carbons (Fsp3) is 0.471. The zero-order valence-electron chi connectivity index (χ0n) is 13.2. The summed E-state index contributed by atoms with van der Waals surface area (Å²) in [5, 5.41) is 5.41. The Labute approximate surface area is 136 Å². The molecule has 0 aromatic heterocycles. The molecule has 1 saturated heterocycles. The van der Waals surface area contributed by atoms with Crippen molar-refractivity contribution in [2.75, 3.05) is 26.2 Å². The van der Waals surface area contributed by atoms with Gasteiger partial charge < -0.3 is 15.5 Å². The minimum absolute atomic E-state index is 0.0974. The number of benzene rings is 1. The third-order valence-electron chi connectivity index (χ3n) is 3.79. The maximum absolute atomic E-state index is 11.8. The van der Waals surface area contributed by atoms with Crippen molar-refractivity contribution in [2.45, 2.75) is 25.7 Å². The fourth-order valence-electron chi connectivity index (χ4n) is 2.50. The van der Waals surface area contributed by atoms with Crippen molar-refractivity contribution >= 4 is 17.7 Å². The molecule has 0 aliphatic carbocycles. The van der Waals surface area contributed by atoms with Gasteiger partial charge >= 0.3 is 0 Å². The molecule has 23 heavy (non-hydrogen) atoms. The summed E-state index contributed by atoms with van der Waals surface area (Å²) < 4.78 is 0. The first-order valence-electron chi connectivity index (χ1n) is 8.04. The Hall–Kier alpha value is -2.37. The number of carbonyl (C=O) groups is 3. The number of rotatable bonds is 7. The van der Waals surface area contributed by atoms with Crippen molar-refractivity contribution in [3.05, 3.63) is 35.9 Å². The summed E-state index contributed by atoms with van der Waals surface area (Å²) in [7, 11) is 0. The van der Waals surface area contributed by atoms with E-state index in [1.54, 1.807) is 24.3 Å². The van der Waals surface area contributed by atoms with E-state index >= 15 is 0 Å². The first kappa shape index (κ1) is 17.0. The highest BCUT2D eigenvalue weighted by molar-refractivity contribution is 5.94. The van der Waals surface area contributed by atoms with E-state index in [9.17, 15) is 14.4 Å². The van der Waals surface area contributed by atoms with Crippen LogP contribution in [-0.4, -0.2) is 48.8 Å². The van der Waals surface area contributed by atoms with Gasteiger partial charge in [-0.2, -0.15) is 0 Å². The lowest BCUT2D eigenvalue weighted by molar-refractivity contribution is -0.130. The van der Waals surface area contributed by atoms with Gasteiger partial charge in [0.15, 0.2) is 0 Å². The van der Waals surface area contributed by atoms with Crippen molar-refractivity contribution < 1.29 is 14.4 Å². The van der Waals surface area contributed by atoms with Gasteiger partial charge in [-0.1, -0.05) is 18.2 Å². The van der Waals surface area contributed by atoms with Gasteiger partial charge in [-0.3, -0.25) is 14.4 Å². The topological polar surface area (TPSA) is 78.5 Å². The Morgan fingerprint density at radius 1 is 0.913 bits per heavy atom. The molecule has 6 nitrogen and oxygen atoms in total. The molecule has 1 aliphatic rings. The second kappa shape index (κ2) is 8.92. The predicted molar refractivity (Wildman–Crippen MR) is 86.8 cm³/mol. The van der Waals surface area contributed by atoms with Crippen LogP contribution in [0.4, 0.5) is 0 Å². The van der Waals surface area contributed by atoms with Crippen LogP contribution >= 0.6 is 0 Å². The number of nitrogens with one attached hydrogen (secondary N) is 2. The van der Waals surface area contributed by atoms with Crippen LogP contribution < -0.4 is 10.6 Å². The molecule has 0 bridgehead atoms. The molecule has 2 rings (SSSR count). The number of likely N-dealkylation sites (tertiary alicyclic amines) is 1. The van der Waals surface area contributed by atoms with Crippen molar-refractivity contribution in [3.8, 4) is 0 Å². The molecule has 1 aromatic carbocycles. The quantitative estimate of drug-likeness (QED) is 0.785. The van der Waals surface area contributed by atoms with Gasteiger partial charge in [-0.25, -0.2) is 0 Å². The maximum Gasteiger partial charge on any atom is 0.251 e. The molecule has 0 saturated carbocycles. The zero-order chi connectivity index (χ0) is 16.5. The average Bonchev–Trinajstić information content (AvgIpc) is 3.10.